The van der Waals surface area contributed by atoms with Gasteiger partial charge in [-0.05, 0) is 79.3 Å². The van der Waals surface area contributed by atoms with Crippen molar-refractivity contribution in [3.8, 4) is 0 Å². The highest BCUT2D eigenvalue weighted by atomic mass is 35.5. The zero-order valence-electron chi connectivity index (χ0n) is 19.8. The van der Waals surface area contributed by atoms with Crippen molar-refractivity contribution >= 4 is 54.2 Å². The number of nitrogens with one attached hydrogen (secondary N) is 2. The molecule has 5 rings (SSSR count). The fourth-order valence-corrected chi connectivity index (χ4v) is 5.25. The molecule has 2 aromatic carbocycles. The summed E-state index contributed by atoms with van der Waals surface area (Å²) >= 11 is 12.8. The van der Waals surface area contributed by atoms with Crippen molar-refractivity contribution in [3.05, 3.63) is 105 Å². The van der Waals surface area contributed by atoms with E-state index in [1.54, 1.807) is 18.3 Å². The van der Waals surface area contributed by atoms with E-state index in [1.165, 1.54) is 0 Å². The molecule has 0 fully saturated rings. The zero-order chi connectivity index (χ0) is 25.2. The fourth-order valence-electron chi connectivity index (χ4n) is 4.76. The van der Waals surface area contributed by atoms with Crippen LogP contribution in [0.3, 0.4) is 0 Å². The first-order valence-corrected chi connectivity index (χ1v) is 12.7. The Morgan fingerprint density at radius 3 is 2.69 bits per heavy atom. The van der Waals surface area contributed by atoms with Gasteiger partial charge in [-0.3, -0.25) is 14.8 Å². The summed E-state index contributed by atoms with van der Waals surface area (Å²) in [6.07, 6.45) is 6.52. The number of hydrazine groups is 1. The highest BCUT2D eigenvalue weighted by Gasteiger charge is 2.40. The molecule has 1 aliphatic heterocycles. The number of carbonyl (C=O) groups is 1. The van der Waals surface area contributed by atoms with Crippen LogP contribution in [0.15, 0.2) is 83.7 Å². The number of amides is 1. The van der Waals surface area contributed by atoms with Crippen molar-refractivity contribution in [2.75, 3.05) is 5.01 Å². The average Bonchev–Trinajstić information content (AvgIpc) is 3.26. The topological polar surface area (TPSA) is 57.3 Å². The van der Waals surface area contributed by atoms with Crippen molar-refractivity contribution in [2.45, 2.75) is 38.3 Å². The van der Waals surface area contributed by atoms with Crippen molar-refractivity contribution in [2.24, 2.45) is 0 Å². The van der Waals surface area contributed by atoms with Gasteiger partial charge in [0, 0.05) is 11.2 Å². The van der Waals surface area contributed by atoms with Gasteiger partial charge in [0.15, 0.2) is 0 Å². The van der Waals surface area contributed by atoms with Gasteiger partial charge in [0.1, 0.15) is 13.9 Å². The number of pyridine rings is 1. The van der Waals surface area contributed by atoms with Crippen molar-refractivity contribution < 1.29 is 4.79 Å². The van der Waals surface area contributed by atoms with Crippen LogP contribution in [0.2, 0.25) is 10.0 Å². The van der Waals surface area contributed by atoms with Gasteiger partial charge in [-0.1, -0.05) is 59.0 Å². The Bertz CT molecular complexity index is 1340. The van der Waals surface area contributed by atoms with E-state index in [4.69, 9.17) is 31.0 Å². The molecule has 2 atom stereocenters. The van der Waals surface area contributed by atoms with Crippen LogP contribution in [0.25, 0.3) is 6.08 Å². The Morgan fingerprint density at radius 1 is 1.17 bits per heavy atom. The van der Waals surface area contributed by atoms with E-state index in [9.17, 15) is 4.79 Å². The summed E-state index contributed by atoms with van der Waals surface area (Å²) in [5.74, 6) is -0.109. The third-order valence-corrected chi connectivity index (χ3v) is 7.05. The number of carbonyl (C=O) groups excluding carboxylic acids is 1. The first-order chi connectivity index (χ1) is 17.4. The lowest BCUT2D eigenvalue weighted by molar-refractivity contribution is -0.122. The minimum absolute atomic E-state index is 0.109. The molecule has 2 heterocycles. The normalized spacial score (nSPS) is 19.4. The standard InChI is InChI=1S/C28H25BCl2N4O/c1-17(24-7-2-3-14-32-24)33-28(36)26-22-6-4-5-19(15-18-8-10-20(29)11-9-18)27(22)35(34-26)25-13-12-21(30)16-23(25)31/h2-3,7-17,26,34H,4-6H2,1H3,(H,33,36)/b19-15+/t17-,26?/m1/s1. The second-order valence-electron chi connectivity index (χ2n) is 9.04. The Labute approximate surface area is 222 Å². The number of halogens is 2. The molecule has 0 saturated heterocycles. The number of allylic oxidation sites excluding steroid dienone is 1. The Kier molecular flexibility index (Phi) is 7.19. The number of aromatic nitrogens is 1. The van der Waals surface area contributed by atoms with Crippen LogP contribution in [0.4, 0.5) is 5.69 Å². The van der Waals surface area contributed by atoms with E-state index < -0.39 is 6.04 Å². The van der Waals surface area contributed by atoms with Crippen molar-refractivity contribution in [3.63, 3.8) is 0 Å². The van der Waals surface area contributed by atoms with Crippen LogP contribution in [0.1, 0.15) is 43.5 Å². The number of rotatable bonds is 5. The van der Waals surface area contributed by atoms with E-state index in [0.717, 1.165) is 58.5 Å². The van der Waals surface area contributed by atoms with E-state index in [-0.39, 0.29) is 11.9 Å². The molecule has 2 radical (unpaired) electrons. The van der Waals surface area contributed by atoms with Gasteiger partial charge in [-0.15, -0.1) is 0 Å². The quantitative estimate of drug-likeness (QED) is 0.455. The summed E-state index contributed by atoms with van der Waals surface area (Å²) in [5, 5.41) is 6.12. The molecule has 5 nitrogen and oxygen atoms in total. The maximum absolute atomic E-state index is 13.6. The largest absolute Gasteiger partial charge is 0.346 e. The minimum Gasteiger partial charge on any atom is -0.346 e. The van der Waals surface area contributed by atoms with E-state index in [0.29, 0.717) is 10.0 Å². The van der Waals surface area contributed by atoms with Gasteiger partial charge >= 0.3 is 0 Å². The maximum atomic E-state index is 13.6. The van der Waals surface area contributed by atoms with Crippen LogP contribution in [0, 0.1) is 0 Å². The van der Waals surface area contributed by atoms with Gasteiger partial charge in [0.25, 0.3) is 0 Å². The van der Waals surface area contributed by atoms with E-state index in [1.807, 2.05) is 60.5 Å². The predicted molar refractivity (Wildman–Crippen MR) is 147 cm³/mol. The third-order valence-electron chi connectivity index (χ3n) is 6.51. The van der Waals surface area contributed by atoms with Crippen LogP contribution in [0.5, 0.6) is 0 Å². The van der Waals surface area contributed by atoms with Crippen LogP contribution in [-0.2, 0) is 4.79 Å². The Hall–Kier alpha value is -3.06. The van der Waals surface area contributed by atoms with Crippen LogP contribution < -0.4 is 21.2 Å². The predicted octanol–water partition coefficient (Wildman–Crippen LogP) is 5.27. The number of anilines is 1. The molecule has 180 valence electrons. The summed E-state index contributed by atoms with van der Waals surface area (Å²) in [7, 11) is 5.88. The van der Waals surface area contributed by atoms with Gasteiger partial charge in [0.05, 0.1) is 28.1 Å². The highest BCUT2D eigenvalue weighted by Crippen LogP contribution is 2.42. The van der Waals surface area contributed by atoms with E-state index >= 15 is 0 Å². The zero-order valence-corrected chi connectivity index (χ0v) is 21.4. The minimum atomic E-state index is -0.534. The molecule has 1 aliphatic carbocycles. The van der Waals surface area contributed by atoms with Gasteiger partial charge in [-0.2, -0.15) is 0 Å². The lowest BCUT2D eigenvalue weighted by atomic mass is 9.87. The molecule has 2 aliphatic rings. The molecule has 36 heavy (non-hydrogen) atoms. The SMILES string of the molecule is [B]c1ccc(/C=C2\CCCC3=C2N(c2ccc(Cl)cc2Cl)NC3C(=O)N[C@H](C)c2ccccn2)cc1. The fraction of sp³-hybridized carbons (Fsp3) is 0.214. The molecular formula is C28H25BCl2N4O. The molecule has 3 aromatic rings. The lowest BCUT2D eigenvalue weighted by Crippen LogP contribution is -2.47. The Morgan fingerprint density at radius 2 is 1.97 bits per heavy atom. The molecule has 0 bridgehead atoms. The molecule has 2 N–H and O–H groups in total. The second-order valence-corrected chi connectivity index (χ2v) is 9.89. The number of hydrogen-bond donors (Lipinski definition) is 2. The molecule has 0 spiro atoms. The van der Waals surface area contributed by atoms with Crippen molar-refractivity contribution in [1.29, 1.82) is 0 Å². The average molecular weight is 515 g/mol. The van der Waals surface area contributed by atoms with Gasteiger partial charge in [-0.25, -0.2) is 5.43 Å². The summed E-state index contributed by atoms with van der Waals surface area (Å²) in [4.78, 5) is 17.9. The smallest absolute Gasteiger partial charge is 0.243 e. The number of hydrogen-bond acceptors (Lipinski definition) is 4. The molecule has 1 amide bonds. The first kappa shape index (κ1) is 24.6. The lowest BCUT2D eigenvalue weighted by Gasteiger charge is -2.27. The summed E-state index contributed by atoms with van der Waals surface area (Å²) in [6.45, 7) is 1.94. The van der Waals surface area contributed by atoms with Gasteiger partial charge in [0.2, 0.25) is 5.91 Å². The molecule has 1 unspecified atom stereocenters. The molecular weight excluding hydrogens is 490 g/mol. The van der Waals surface area contributed by atoms with Crippen LogP contribution >= 0.6 is 23.2 Å². The second kappa shape index (κ2) is 10.5. The van der Waals surface area contributed by atoms with E-state index in [2.05, 4.69) is 21.8 Å². The molecule has 0 saturated carbocycles. The first-order valence-electron chi connectivity index (χ1n) is 11.9. The maximum Gasteiger partial charge on any atom is 0.243 e. The Balaban J connectivity index is 1.53. The number of nitrogens with zero attached hydrogens (tertiary/aromatic N) is 2. The third kappa shape index (κ3) is 5.07. The highest BCUT2D eigenvalue weighted by molar-refractivity contribution is 6.36. The van der Waals surface area contributed by atoms with Gasteiger partial charge < -0.3 is 5.32 Å². The number of benzene rings is 2. The summed E-state index contributed by atoms with van der Waals surface area (Å²) in [5.41, 5.74) is 9.90. The monoisotopic (exact) mass is 514 g/mol. The molecule has 8 heteroatoms. The van der Waals surface area contributed by atoms with Crippen LogP contribution in [-0.4, -0.2) is 24.8 Å². The molecule has 1 aromatic heterocycles. The summed E-state index contributed by atoms with van der Waals surface area (Å²) in [6, 6.07) is 18.1. The van der Waals surface area contributed by atoms with Crippen molar-refractivity contribution in [1.82, 2.24) is 15.7 Å². The summed E-state index contributed by atoms with van der Waals surface area (Å²) < 4.78 is 0.